The van der Waals surface area contributed by atoms with Crippen molar-refractivity contribution < 1.29 is 10.2 Å². The molecule has 0 aliphatic carbocycles. The molecule has 5 nitrogen and oxygen atoms in total. The summed E-state index contributed by atoms with van der Waals surface area (Å²) in [6.45, 7) is 2.95. The van der Waals surface area contributed by atoms with Crippen LogP contribution < -0.4 is 10.2 Å². The fourth-order valence-electron chi connectivity index (χ4n) is 2.00. The highest BCUT2D eigenvalue weighted by Crippen LogP contribution is 2.21. The van der Waals surface area contributed by atoms with Gasteiger partial charge in [-0.15, -0.1) is 0 Å². The first-order valence-corrected chi connectivity index (χ1v) is 5.86. The van der Waals surface area contributed by atoms with E-state index < -0.39 is 12.2 Å². The van der Waals surface area contributed by atoms with Crippen LogP contribution in [0.15, 0.2) is 18.3 Å². The summed E-state index contributed by atoms with van der Waals surface area (Å²) in [5.41, 5.74) is 1.15. The molecule has 1 aromatic rings. The summed E-state index contributed by atoms with van der Waals surface area (Å²) in [6.07, 6.45) is 0.402. The highest BCUT2D eigenvalue weighted by atomic mass is 16.3. The van der Waals surface area contributed by atoms with Crippen LogP contribution in [0.4, 0.5) is 5.82 Å². The molecule has 2 rings (SSSR count). The molecule has 94 valence electrons. The molecule has 1 fully saturated rings. The lowest BCUT2D eigenvalue weighted by Crippen LogP contribution is -2.22. The molecule has 2 heterocycles. The van der Waals surface area contributed by atoms with Gasteiger partial charge in [0, 0.05) is 25.3 Å². The lowest BCUT2D eigenvalue weighted by molar-refractivity contribution is 0.0572. The van der Waals surface area contributed by atoms with E-state index in [4.69, 9.17) is 0 Å². The van der Waals surface area contributed by atoms with Gasteiger partial charge in [0.2, 0.25) is 0 Å². The monoisotopic (exact) mass is 237 g/mol. The Morgan fingerprint density at radius 2 is 2.06 bits per heavy atom. The summed E-state index contributed by atoms with van der Waals surface area (Å²) in [6, 6.07) is 4.22. The zero-order chi connectivity index (χ0) is 12.4. The summed E-state index contributed by atoms with van der Waals surface area (Å²) in [7, 11) is 1.91. The van der Waals surface area contributed by atoms with E-state index in [1.165, 1.54) is 0 Å². The van der Waals surface area contributed by atoms with Gasteiger partial charge in [-0.25, -0.2) is 4.98 Å². The van der Waals surface area contributed by atoms with Crippen LogP contribution in [0.1, 0.15) is 18.5 Å². The zero-order valence-corrected chi connectivity index (χ0v) is 10.2. The van der Waals surface area contributed by atoms with Crippen molar-refractivity contribution in [3.05, 3.63) is 23.9 Å². The second-order valence-corrected chi connectivity index (χ2v) is 4.50. The highest BCUT2D eigenvalue weighted by Gasteiger charge is 2.30. The lowest BCUT2D eigenvalue weighted by Gasteiger charge is -2.18. The summed E-state index contributed by atoms with van der Waals surface area (Å²) >= 11 is 0. The molecule has 1 aliphatic heterocycles. The van der Waals surface area contributed by atoms with Crippen LogP contribution in [-0.2, 0) is 0 Å². The maximum Gasteiger partial charge on any atom is 0.128 e. The highest BCUT2D eigenvalue weighted by molar-refractivity contribution is 5.43. The molecule has 3 unspecified atom stereocenters. The van der Waals surface area contributed by atoms with Gasteiger partial charge in [-0.3, -0.25) is 0 Å². The Morgan fingerprint density at radius 1 is 1.41 bits per heavy atom. The lowest BCUT2D eigenvalue weighted by atomic mass is 10.1. The number of anilines is 1. The van der Waals surface area contributed by atoms with Crippen LogP contribution in [-0.4, -0.2) is 47.5 Å². The number of nitrogens with one attached hydrogen (secondary N) is 1. The smallest absolute Gasteiger partial charge is 0.128 e. The minimum absolute atomic E-state index is 0.259. The number of rotatable bonds is 3. The number of aliphatic hydroxyl groups excluding tert-OH is 2. The van der Waals surface area contributed by atoms with Crippen LogP contribution in [0.3, 0.4) is 0 Å². The first kappa shape index (κ1) is 12.3. The van der Waals surface area contributed by atoms with Crippen molar-refractivity contribution in [3.63, 3.8) is 0 Å². The van der Waals surface area contributed by atoms with Crippen molar-refractivity contribution in [1.82, 2.24) is 10.3 Å². The molecule has 1 saturated heterocycles. The number of hydrogen-bond acceptors (Lipinski definition) is 5. The molecule has 3 N–H and O–H groups in total. The average molecular weight is 237 g/mol. The molecule has 0 amide bonds. The normalized spacial score (nSPS) is 26.2. The van der Waals surface area contributed by atoms with Gasteiger partial charge in [-0.05, 0) is 31.7 Å². The Labute approximate surface area is 101 Å². The van der Waals surface area contributed by atoms with Gasteiger partial charge in [0.1, 0.15) is 5.82 Å². The third kappa shape index (κ3) is 2.57. The SMILES string of the molecule is CNC(C)c1ccnc(N2CC(O)C(O)C2)c1. The van der Waals surface area contributed by atoms with E-state index in [0.29, 0.717) is 13.1 Å². The van der Waals surface area contributed by atoms with Crippen molar-refractivity contribution in [3.8, 4) is 0 Å². The molecular weight excluding hydrogens is 218 g/mol. The van der Waals surface area contributed by atoms with Gasteiger partial charge in [0.25, 0.3) is 0 Å². The molecule has 0 bridgehead atoms. The van der Waals surface area contributed by atoms with E-state index in [2.05, 4.69) is 17.2 Å². The van der Waals surface area contributed by atoms with E-state index in [0.717, 1.165) is 11.4 Å². The number of hydrogen-bond donors (Lipinski definition) is 3. The molecule has 0 radical (unpaired) electrons. The third-order valence-corrected chi connectivity index (χ3v) is 3.29. The van der Waals surface area contributed by atoms with E-state index in [1.54, 1.807) is 6.20 Å². The Morgan fingerprint density at radius 3 is 2.65 bits per heavy atom. The van der Waals surface area contributed by atoms with Crippen molar-refractivity contribution in [1.29, 1.82) is 0 Å². The number of aliphatic hydroxyl groups is 2. The standard InChI is InChI=1S/C12H19N3O2/c1-8(13-2)9-3-4-14-12(5-9)15-6-10(16)11(17)7-15/h3-5,8,10-11,13,16-17H,6-7H2,1-2H3. The first-order chi connectivity index (χ1) is 8.11. The summed E-state index contributed by atoms with van der Waals surface area (Å²) < 4.78 is 0. The number of nitrogens with zero attached hydrogens (tertiary/aromatic N) is 2. The Bertz CT molecular complexity index is 376. The Kier molecular flexibility index (Phi) is 3.61. The molecule has 1 aromatic heterocycles. The number of pyridine rings is 1. The van der Waals surface area contributed by atoms with Gasteiger partial charge in [-0.1, -0.05) is 0 Å². The molecule has 5 heteroatoms. The van der Waals surface area contributed by atoms with Gasteiger partial charge in [0.15, 0.2) is 0 Å². The minimum Gasteiger partial charge on any atom is -0.389 e. The van der Waals surface area contributed by atoms with Crippen LogP contribution in [0.2, 0.25) is 0 Å². The third-order valence-electron chi connectivity index (χ3n) is 3.29. The molecule has 0 saturated carbocycles. The largest absolute Gasteiger partial charge is 0.389 e. The van der Waals surface area contributed by atoms with Gasteiger partial charge in [0.05, 0.1) is 12.2 Å². The van der Waals surface area contributed by atoms with Gasteiger partial charge < -0.3 is 20.4 Å². The Hall–Kier alpha value is -1.17. The molecule has 0 aromatic carbocycles. The average Bonchev–Trinajstić information content (AvgIpc) is 2.69. The molecule has 3 atom stereocenters. The van der Waals surface area contributed by atoms with Crippen molar-refractivity contribution in [2.75, 3.05) is 25.0 Å². The van der Waals surface area contributed by atoms with Crippen molar-refractivity contribution in [2.24, 2.45) is 0 Å². The topological polar surface area (TPSA) is 68.6 Å². The van der Waals surface area contributed by atoms with Crippen molar-refractivity contribution >= 4 is 5.82 Å². The predicted molar refractivity (Wildman–Crippen MR) is 65.9 cm³/mol. The number of aromatic nitrogens is 1. The van der Waals surface area contributed by atoms with E-state index in [9.17, 15) is 10.2 Å². The van der Waals surface area contributed by atoms with Crippen molar-refractivity contribution in [2.45, 2.75) is 25.2 Å². The maximum absolute atomic E-state index is 9.52. The molecular formula is C12H19N3O2. The second kappa shape index (κ2) is 5.00. The maximum atomic E-state index is 9.52. The van der Waals surface area contributed by atoms with E-state index >= 15 is 0 Å². The quantitative estimate of drug-likeness (QED) is 0.685. The van der Waals surface area contributed by atoms with Crippen LogP contribution in [0, 0.1) is 0 Å². The summed E-state index contributed by atoms with van der Waals surface area (Å²) in [5.74, 6) is 0.806. The zero-order valence-electron chi connectivity index (χ0n) is 10.2. The second-order valence-electron chi connectivity index (χ2n) is 4.50. The summed E-state index contributed by atoms with van der Waals surface area (Å²) in [5, 5.41) is 22.2. The van der Waals surface area contributed by atoms with Gasteiger partial charge in [-0.2, -0.15) is 0 Å². The fraction of sp³-hybridized carbons (Fsp3) is 0.583. The van der Waals surface area contributed by atoms with Crippen LogP contribution in [0.25, 0.3) is 0 Å². The number of β-amino-alcohol motifs (C(OH)–C–C–N with tert-alkyl or cyclic N) is 2. The summed E-state index contributed by atoms with van der Waals surface area (Å²) in [4.78, 5) is 6.19. The minimum atomic E-state index is -0.679. The first-order valence-electron chi connectivity index (χ1n) is 5.86. The van der Waals surface area contributed by atoms with Crippen LogP contribution in [0.5, 0.6) is 0 Å². The molecule has 1 aliphatic rings. The predicted octanol–water partition coefficient (Wildman–Crippen LogP) is -0.0962. The van der Waals surface area contributed by atoms with E-state index in [-0.39, 0.29) is 6.04 Å². The Balaban J connectivity index is 2.17. The van der Waals surface area contributed by atoms with Gasteiger partial charge >= 0.3 is 0 Å². The van der Waals surface area contributed by atoms with E-state index in [1.807, 2.05) is 24.1 Å². The molecule has 17 heavy (non-hydrogen) atoms. The van der Waals surface area contributed by atoms with Crippen LogP contribution >= 0.6 is 0 Å². The molecule has 0 spiro atoms. The fourth-order valence-corrected chi connectivity index (χ4v) is 2.00.